The van der Waals surface area contributed by atoms with E-state index in [2.05, 4.69) is 15.0 Å². The number of carbonyl (C=O) groups is 2. The van der Waals surface area contributed by atoms with Gasteiger partial charge in [0.25, 0.3) is 10.0 Å². The minimum Gasteiger partial charge on any atom is -0.453 e. The number of ketones is 1. The molecular weight excluding hydrogens is 382 g/mol. The van der Waals surface area contributed by atoms with Gasteiger partial charge in [0, 0.05) is 12.5 Å². The van der Waals surface area contributed by atoms with Crippen molar-refractivity contribution in [3.8, 4) is 0 Å². The molecule has 28 heavy (non-hydrogen) atoms. The van der Waals surface area contributed by atoms with E-state index in [4.69, 9.17) is 4.74 Å². The number of amides is 1. The van der Waals surface area contributed by atoms with Gasteiger partial charge in [-0.25, -0.2) is 4.79 Å². The number of hydrogen-bond donors (Lipinski definition) is 2. The quantitative estimate of drug-likeness (QED) is 0.749. The number of alkyl carbamates (subject to hydrolysis) is 1. The fourth-order valence-electron chi connectivity index (χ4n) is 3.81. The van der Waals surface area contributed by atoms with Crippen molar-refractivity contribution in [2.75, 3.05) is 12.4 Å². The molecule has 1 amide bonds. The molecule has 0 saturated heterocycles. The summed E-state index contributed by atoms with van der Waals surface area (Å²) in [5, 5.41) is 5.65. The maximum atomic E-state index is 12.6. The van der Waals surface area contributed by atoms with Crippen molar-refractivity contribution in [2.24, 2.45) is 10.3 Å². The van der Waals surface area contributed by atoms with Crippen LogP contribution >= 0.6 is 0 Å². The fraction of sp³-hybridized carbons (Fsp3) is 0.526. The molecule has 1 atom stereocenters. The van der Waals surface area contributed by atoms with E-state index < -0.39 is 21.9 Å². The number of Topliss-reactive ketones (excluding diaryl/α,β-unsaturated/α-hetero) is 1. The highest BCUT2D eigenvalue weighted by molar-refractivity contribution is 7.90. The van der Waals surface area contributed by atoms with Gasteiger partial charge in [0.05, 0.1) is 12.8 Å². The van der Waals surface area contributed by atoms with Crippen LogP contribution in [-0.2, 0) is 19.6 Å². The molecule has 8 nitrogen and oxygen atoms in total. The third-order valence-electron chi connectivity index (χ3n) is 5.28. The summed E-state index contributed by atoms with van der Waals surface area (Å²) >= 11 is 0. The smallest absolute Gasteiger partial charge is 0.407 e. The molecule has 2 N–H and O–H groups in total. The van der Waals surface area contributed by atoms with Crippen LogP contribution in [0.1, 0.15) is 44.9 Å². The third kappa shape index (κ3) is 4.70. The van der Waals surface area contributed by atoms with Crippen LogP contribution < -0.4 is 10.6 Å². The summed E-state index contributed by atoms with van der Waals surface area (Å²) < 4.78 is 33.0. The Morgan fingerprint density at radius 1 is 1.25 bits per heavy atom. The Hall–Kier alpha value is -2.42. The number of rotatable bonds is 6. The lowest BCUT2D eigenvalue weighted by Gasteiger charge is -2.30. The van der Waals surface area contributed by atoms with E-state index in [1.165, 1.54) is 19.6 Å². The van der Waals surface area contributed by atoms with Crippen LogP contribution in [0.25, 0.3) is 0 Å². The summed E-state index contributed by atoms with van der Waals surface area (Å²) in [6.45, 7) is 0. The number of methoxy groups -OCH3 is 1. The Bertz CT molecular complexity index is 875. The minimum absolute atomic E-state index is 0.0546. The van der Waals surface area contributed by atoms with Gasteiger partial charge in [0.2, 0.25) is 0 Å². The van der Waals surface area contributed by atoms with E-state index in [0.717, 1.165) is 25.7 Å². The van der Waals surface area contributed by atoms with Gasteiger partial charge in [-0.2, -0.15) is 8.42 Å². The molecular formula is C19H25N3O5S. The molecule has 1 aromatic carbocycles. The van der Waals surface area contributed by atoms with Crippen LogP contribution in [0.3, 0.4) is 0 Å². The van der Waals surface area contributed by atoms with Crippen molar-refractivity contribution >= 4 is 33.4 Å². The summed E-state index contributed by atoms with van der Waals surface area (Å²) in [5.41, 5.74) is 0.345. The molecule has 0 spiro atoms. The van der Waals surface area contributed by atoms with E-state index >= 15 is 0 Å². The second kappa shape index (κ2) is 8.72. The molecule has 1 saturated carbocycles. The molecule has 0 aromatic heterocycles. The van der Waals surface area contributed by atoms with Gasteiger partial charge in [0.15, 0.2) is 11.6 Å². The predicted molar refractivity (Wildman–Crippen MR) is 105 cm³/mol. The van der Waals surface area contributed by atoms with Crippen LogP contribution in [0.15, 0.2) is 33.6 Å². The highest BCUT2D eigenvalue weighted by Gasteiger charge is 2.30. The molecule has 0 bridgehead atoms. The van der Waals surface area contributed by atoms with Gasteiger partial charge in [0.1, 0.15) is 4.90 Å². The summed E-state index contributed by atoms with van der Waals surface area (Å²) in [4.78, 5) is 24.4. The number of fused-ring (bicyclic) bond motifs is 1. The van der Waals surface area contributed by atoms with Gasteiger partial charge in [-0.3, -0.25) is 4.79 Å². The first-order chi connectivity index (χ1) is 13.4. The zero-order valence-corrected chi connectivity index (χ0v) is 16.6. The molecule has 3 rings (SSSR count). The van der Waals surface area contributed by atoms with Crippen molar-refractivity contribution in [2.45, 2.75) is 55.9 Å². The third-order valence-corrected chi connectivity index (χ3v) is 6.62. The first-order valence-electron chi connectivity index (χ1n) is 9.49. The van der Waals surface area contributed by atoms with E-state index in [-0.39, 0.29) is 29.1 Å². The monoisotopic (exact) mass is 407 g/mol. The number of anilines is 1. The van der Waals surface area contributed by atoms with Crippen LogP contribution in [-0.4, -0.2) is 39.3 Å². The van der Waals surface area contributed by atoms with Crippen molar-refractivity contribution < 1.29 is 22.7 Å². The van der Waals surface area contributed by atoms with Crippen molar-refractivity contribution in [1.29, 1.82) is 0 Å². The number of benzene rings is 1. The minimum atomic E-state index is -3.90. The van der Waals surface area contributed by atoms with E-state index in [1.807, 2.05) is 0 Å². The maximum absolute atomic E-state index is 12.6. The lowest BCUT2D eigenvalue weighted by molar-refractivity contribution is -0.113. The van der Waals surface area contributed by atoms with E-state index in [0.29, 0.717) is 12.1 Å². The number of amidine groups is 1. The Kier molecular flexibility index (Phi) is 6.33. The fourth-order valence-corrected chi connectivity index (χ4v) is 4.95. The van der Waals surface area contributed by atoms with Crippen LogP contribution in [0, 0.1) is 5.92 Å². The number of sulfonamides is 1. The summed E-state index contributed by atoms with van der Waals surface area (Å²) in [6.07, 6.45) is 5.32. The van der Waals surface area contributed by atoms with Crippen molar-refractivity contribution in [1.82, 2.24) is 5.32 Å². The van der Waals surface area contributed by atoms with Gasteiger partial charge < -0.3 is 15.4 Å². The van der Waals surface area contributed by atoms with Crippen molar-refractivity contribution in [3.63, 3.8) is 0 Å². The molecule has 1 aromatic rings. The van der Waals surface area contributed by atoms with Gasteiger partial charge in [-0.05, 0) is 37.3 Å². The van der Waals surface area contributed by atoms with Gasteiger partial charge in [-0.15, -0.1) is 4.40 Å². The SMILES string of the molecule is COC(=O)NC(CCC(=O)C1=NS(=O)(=O)c2ccccc2N1)C1CCCCC1. The normalized spacial score (nSPS) is 19.5. The lowest BCUT2D eigenvalue weighted by Crippen LogP contribution is -2.42. The van der Waals surface area contributed by atoms with Crippen molar-refractivity contribution in [3.05, 3.63) is 24.3 Å². The van der Waals surface area contributed by atoms with Crippen LogP contribution in [0.5, 0.6) is 0 Å². The van der Waals surface area contributed by atoms with Gasteiger partial charge in [-0.1, -0.05) is 31.4 Å². The number of hydrogen-bond acceptors (Lipinski definition) is 6. The average molecular weight is 407 g/mol. The summed E-state index contributed by atoms with van der Waals surface area (Å²) in [6, 6.07) is 6.15. The summed E-state index contributed by atoms with van der Waals surface area (Å²) in [7, 11) is -2.60. The van der Waals surface area contributed by atoms with E-state index in [9.17, 15) is 18.0 Å². The molecule has 0 radical (unpaired) electrons. The number of carbonyl (C=O) groups excluding carboxylic acids is 2. The molecule has 1 aliphatic carbocycles. The molecule has 1 unspecified atom stereocenters. The topological polar surface area (TPSA) is 114 Å². The molecule has 9 heteroatoms. The second-order valence-corrected chi connectivity index (χ2v) is 8.71. The van der Waals surface area contributed by atoms with E-state index in [1.54, 1.807) is 18.2 Å². The maximum Gasteiger partial charge on any atom is 0.407 e. The Labute approximate surface area is 164 Å². The summed E-state index contributed by atoms with van der Waals surface area (Å²) in [5.74, 6) is -0.295. The Morgan fingerprint density at radius 2 is 1.96 bits per heavy atom. The lowest BCUT2D eigenvalue weighted by atomic mass is 9.82. The number of nitrogens with one attached hydrogen (secondary N) is 2. The first kappa shape index (κ1) is 20.3. The largest absolute Gasteiger partial charge is 0.453 e. The van der Waals surface area contributed by atoms with Gasteiger partial charge >= 0.3 is 6.09 Å². The standard InChI is InChI=1S/C19H25N3O5S/c1-27-19(24)21-14(13-7-3-2-4-8-13)11-12-16(23)18-20-15-9-5-6-10-17(15)28(25,26)22-18/h5-6,9-10,13-14H,2-4,7-8,11-12H2,1H3,(H,20,22)(H,21,24). The van der Waals surface area contributed by atoms with Crippen LogP contribution in [0.2, 0.25) is 0 Å². The number of ether oxygens (including phenoxy) is 1. The first-order valence-corrected chi connectivity index (χ1v) is 10.9. The molecule has 152 valence electrons. The molecule has 1 aliphatic heterocycles. The molecule has 1 fully saturated rings. The second-order valence-electron chi connectivity index (χ2n) is 7.14. The zero-order chi connectivity index (χ0) is 20.1. The molecule has 1 heterocycles. The average Bonchev–Trinajstić information content (AvgIpc) is 2.70. The number of para-hydroxylation sites is 1. The van der Waals surface area contributed by atoms with Crippen LogP contribution in [0.4, 0.5) is 10.5 Å². The Morgan fingerprint density at radius 3 is 2.68 bits per heavy atom. The molecule has 2 aliphatic rings. The predicted octanol–water partition coefficient (Wildman–Crippen LogP) is 2.85. The highest BCUT2D eigenvalue weighted by Crippen LogP contribution is 2.29. The zero-order valence-electron chi connectivity index (χ0n) is 15.8. The highest BCUT2D eigenvalue weighted by atomic mass is 32.2. The Balaban J connectivity index is 1.69. The number of nitrogens with zero attached hydrogens (tertiary/aromatic N) is 1.